The van der Waals surface area contributed by atoms with Crippen LogP contribution in [0.15, 0.2) is 86.0 Å². The maximum atomic E-state index is 14.1. The molecule has 2 saturated heterocycles. The Labute approximate surface area is 395 Å². The average Bonchev–Trinajstić information content (AvgIpc) is 4.03. The maximum absolute atomic E-state index is 14.1. The minimum atomic E-state index is -0.999. The second-order valence-electron chi connectivity index (χ2n) is 16.1. The molecule has 2 fully saturated rings. The van der Waals surface area contributed by atoms with Crippen molar-refractivity contribution >= 4 is 57.0 Å². The number of nitrogens with one attached hydrogen (secondary N) is 6. The van der Waals surface area contributed by atoms with Gasteiger partial charge in [0.15, 0.2) is 0 Å². The average molecular weight is 917 g/mol. The number of carbonyl (C=O) groups excluding carboxylic acids is 6. The Morgan fingerprint density at radius 2 is 1.06 bits per heavy atom. The van der Waals surface area contributed by atoms with Crippen LogP contribution in [0.5, 0.6) is 5.75 Å². The van der Waals surface area contributed by atoms with Crippen LogP contribution in [0.2, 0.25) is 0 Å². The molecule has 0 radical (unpaired) electrons. The molecule has 6 amide bonds. The molecule has 0 spiro atoms. The van der Waals surface area contributed by atoms with Crippen molar-refractivity contribution in [2.24, 2.45) is 0 Å². The molecule has 4 aromatic rings. The Morgan fingerprint density at radius 3 is 1.49 bits per heavy atom. The highest BCUT2D eigenvalue weighted by Crippen LogP contribution is 2.27. The lowest BCUT2D eigenvalue weighted by Crippen LogP contribution is -2.53. The van der Waals surface area contributed by atoms with Gasteiger partial charge < -0.3 is 46.4 Å². The summed E-state index contributed by atoms with van der Waals surface area (Å²) in [5.74, 6) is 4.50. The number of hydrogen-bond acceptors (Lipinski definition) is 9. The molecular formula is C52H68N8O7. The van der Waals surface area contributed by atoms with E-state index >= 15 is 0 Å². The topological polar surface area (TPSA) is 190 Å². The fourth-order valence-electron chi connectivity index (χ4n) is 8.41. The number of nitrogens with zero attached hydrogens (tertiary/aromatic N) is 2. The van der Waals surface area contributed by atoms with Gasteiger partial charge in [-0.05, 0) is 92.0 Å². The summed E-state index contributed by atoms with van der Waals surface area (Å²) in [5, 5.41) is 21.1. The third-order valence-electron chi connectivity index (χ3n) is 11.6. The van der Waals surface area contributed by atoms with Gasteiger partial charge in [0.1, 0.15) is 17.8 Å². The van der Waals surface area contributed by atoms with Crippen molar-refractivity contribution in [1.29, 1.82) is 0 Å². The Hall–Kier alpha value is -6.76. The van der Waals surface area contributed by atoms with Crippen molar-refractivity contribution in [2.45, 2.75) is 83.5 Å². The van der Waals surface area contributed by atoms with Gasteiger partial charge in [0.2, 0.25) is 23.6 Å². The highest BCUT2D eigenvalue weighted by Gasteiger charge is 2.36. The van der Waals surface area contributed by atoms with E-state index in [0.717, 1.165) is 39.9 Å². The van der Waals surface area contributed by atoms with Gasteiger partial charge in [-0.2, -0.15) is 0 Å². The molecule has 4 atom stereocenters. The molecule has 4 unspecified atom stereocenters. The van der Waals surface area contributed by atoms with Crippen molar-refractivity contribution in [3.8, 4) is 17.6 Å². The normalized spacial score (nSPS) is 15.9. The predicted octanol–water partition coefficient (Wildman–Crippen LogP) is 4.47. The monoisotopic (exact) mass is 917 g/mol. The maximum Gasteiger partial charge on any atom is 0.255 e. The fourth-order valence-corrected chi connectivity index (χ4v) is 8.41. The summed E-state index contributed by atoms with van der Waals surface area (Å²) < 4.78 is 5.53. The number of hydrogen-bond donors (Lipinski definition) is 6. The van der Waals surface area contributed by atoms with Gasteiger partial charge >= 0.3 is 0 Å². The van der Waals surface area contributed by atoms with E-state index in [-0.39, 0.29) is 86.5 Å². The number of ether oxygens (including phenoxy) is 1. The van der Waals surface area contributed by atoms with E-state index in [4.69, 9.17) is 4.74 Å². The van der Waals surface area contributed by atoms with Crippen molar-refractivity contribution in [3.63, 3.8) is 0 Å². The van der Waals surface area contributed by atoms with Crippen LogP contribution in [0.4, 0.5) is 0 Å². The largest absolute Gasteiger partial charge is 0.496 e. The van der Waals surface area contributed by atoms with Gasteiger partial charge in [0, 0.05) is 56.7 Å². The molecule has 358 valence electrons. The summed E-state index contributed by atoms with van der Waals surface area (Å²) in [6.45, 7) is 13.2. The van der Waals surface area contributed by atoms with Gasteiger partial charge in [-0.3, -0.25) is 28.8 Å². The zero-order chi connectivity index (χ0) is 48.9. The number of methoxy groups -OCH3 is 1. The summed E-state index contributed by atoms with van der Waals surface area (Å²) in [6.07, 6.45) is 2.71. The van der Waals surface area contributed by atoms with Crippen LogP contribution in [0.1, 0.15) is 78.7 Å². The van der Waals surface area contributed by atoms with Crippen LogP contribution in [0.3, 0.4) is 0 Å². The lowest BCUT2D eigenvalue weighted by molar-refractivity contribution is -0.137. The molecule has 67 heavy (non-hydrogen) atoms. The smallest absolute Gasteiger partial charge is 0.255 e. The number of rotatable bonds is 17. The van der Waals surface area contributed by atoms with E-state index in [2.05, 4.69) is 56.9 Å². The van der Waals surface area contributed by atoms with E-state index in [1.807, 2.05) is 87.5 Å². The highest BCUT2D eigenvalue weighted by molar-refractivity contribution is 6.02. The second kappa shape index (κ2) is 27.0. The number of aryl methyl sites for hydroxylation is 1. The zero-order valence-corrected chi connectivity index (χ0v) is 39.9. The Morgan fingerprint density at radius 1 is 0.657 bits per heavy atom. The lowest BCUT2D eigenvalue weighted by atomic mass is 10.0. The molecule has 15 nitrogen and oxygen atoms in total. The van der Waals surface area contributed by atoms with Crippen LogP contribution in [-0.4, -0.2) is 130 Å². The minimum Gasteiger partial charge on any atom is -0.496 e. The zero-order valence-electron chi connectivity index (χ0n) is 39.9. The van der Waals surface area contributed by atoms with Crippen molar-refractivity contribution in [1.82, 2.24) is 41.7 Å². The van der Waals surface area contributed by atoms with E-state index < -0.39 is 12.1 Å². The molecule has 4 aromatic carbocycles. The van der Waals surface area contributed by atoms with E-state index in [0.29, 0.717) is 42.8 Å². The molecule has 6 rings (SSSR count). The first-order valence-electron chi connectivity index (χ1n) is 23.1. The van der Waals surface area contributed by atoms with Crippen LogP contribution in [0, 0.1) is 18.8 Å². The molecule has 0 aromatic heterocycles. The molecule has 0 bridgehead atoms. The quantitative estimate of drug-likeness (QED) is 0.0656. The molecule has 2 aliphatic heterocycles. The number of benzene rings is 4. The van der Waals surface area contributed by atoms with Gasteiger partial charge in [0.25, 0.3) is 11.8 Å². The van der Waals surface area contributed by atoms with Crippen LogP contribution < -0.4 is 36.6 Å². The summed E-state index contributed by atoms with van der Waals surface area (Å²) in [6, 6.07) is 20.4. The number of carbonyl (C=O) groups is 6. The molecule has 2 heterocycles. The van der Waals surface area contributed by atoms with Gasteiger partial charge in [0.05, 0.1) is 25.8 Å². The van der Waals surface area contributed by atoms with E-state index in [9.17, 15) is 28.8 Å². The summed E-state index contributed by atoms with van der Waals surface area (Å²) in [7, 11) is 4.78. The first kappa shape index (κ1) is 52.9. The number of fused-ring (bicyclic) bond motifs is 2. The lowest BCUT2D eigenvalue weighted by Gasteiger charge is -2.29. The highest BCUT2D eigenvalue weighted by atomic mass is 16.5. The molecular weight excluding hydrogens is 849 g/mol. The van der Waals surface area contributed by atoms with Crippen molar-refractivity contribution < 1.29 is 33.5 Å². The van der Waals surface area contributed by atoms with Crippen LogP contribution in [-0.2, 0) is 19.2 Å². The van der Waals surface area contributed by atoms with Gasteiger partial charge in [-0.15, -0.1) is 25.0 Å². The Balaban J connectivity index is 0.00000238. The molecule has 0 aliphatic carbocycles. The minimum absolute atomic E-state index is 0.0108. The molecule has 0 saturated carbocycles. The fraction of sp³-hybridized carbons (Fsp3) is 0.423. The summed E-state index contributed by atoms with van der Waals surface area (Å²) in [5.41, 5.74) is 1.81. The SMILES string of the molecule is C=C.CC.CNCC(=O)NC(CC#CCC(NC(=O)CNC)C(=O)N1CCCC1CNC(=O)c1cc2ccccc2cc1OC)C(=O)N1CCCC1CNC(=O)c1cc2ccccc2cc1C. The number of likely N-dealkylation sites (N-methyl/N-ethyl adjacent to an activating group) is 2. The predicted molar refractivity (Wildman–Crippen MR) is 265 cm³/mol. The molecule has 15 heteroatoms. The Kier molecular flexibility index (Phi) is 21.3. The second-order valence-corrected chi connectivity index (χ2v) is 16.1. The van der Waals surface area contributed by atoms with Crippen LogP contribution in [0.25, 0.3) is 21.5 Å². The first-order valence-corrected chi connectivity index (χ1v) is 23.1. The van der Waals surface area contributed by atoms with Gasteiger partial charge in [-0.25, -0.2) is 0 Å². The summed E-state index contributed by atoms with van der Waals surface area (Å²) in [4.78, 5) is 84.1. The Bertz CT molecular complexity index is 2410. The van der Waals surface area contributed by atoms with E-state index in [1.165, 1.54) is 7.11 Å². The van der Waals surface area contributed by atoms with Crippen molar-refractivity contribution in [3.05, 3.63) is 103 Å². The number of likely N-dealkylation sites (tertiary alicyclic amines) is 2. The third kappa shape index (κ3) is 14.4. The standard InChI is InChI=1S/C48H58N8O7.C2H6.C2H4/c1-31-23-32-13-5-6-14-33(32)24-38(31)45(59)51-27-36-17-11-21-55(36)47(61)40(53-43(57)29-49-2)19-9-10-20-41(54-44(58)30-50-3)48(62)56-22-12-18-37(56)28-52-46(60)39-25-34-15-7-8-16-35(34)26-42(39)63-4;2*1-2/h5-8,13-16,23-26,36-37,40-41,49-50H,11-12,17-22,27-30H2,1-4H3,(H,51,59)(H,52,60)(H,53,57)(H,54,58);1-2H3;1-2H2. The van der Waals surface area contributed by atoms with Gasteiger partial charge in [-0.1, -0.05) is 68.4 Å². The van der Waals surface area contributed by atoms with E-state index in [1.54, 1.807) is 30.0 Å². The third-order valence-corrected chi connectivity index (χ3v) is 11.6. The molecule has 6 N–H and O–H groups in total. The first-order chi connectivity index (χ1) is 32.5. The molecule has 2 aliphatic rings. The summed E-state index contributed by atoms with van der Waals surface area (Å²) >= 11 is 0. The van der Waals surface area contributed by atoms with Crippen molar-refractivity contribution in [2.75, 3.05) is 60.5 Å². The van der Waals surface area contributed by atoms with Crippen LogP contribution >= 0.6 is 0 Å². The number of amides is 6.